The Hall–Kier alpha value is -0.340. The topological polar surface area (TPSA) is 0 Å². The summed E-state index contributed by atoms with van der Waals surface area (Å²) in [6.45, 7) is 2.84. The number of fused-ring (bicyclic) bond motifs is 2. The van der Waals surface area contributed by atoms with Crippen molar-refractivity contribution in [1.82, 2.24) is 0 Å². The van der Waals surface area contributed by atoms with E-state index in [1.54, 1.807) is 0 Å². The maximum Gasteiger partial charge on any atom is 0.0893 e. The van der Waals surface area contributed by atoms with Crippen molar-refractivity contribution in [2.45, 2.75) is 38.1 Å². The lowest BCUT2D eigenvalue weighted by molar-refractivity contribution is -0.926. The van der Waals surface area contributed by atoms with E-state index < -0.39 is 0 Å². The Labute approximate surface area is 122 Å². The second-order valence-corrected chi connectivity index (χ2v) is 6.31. The molecule has 0 radical (unpaired) electrons. The molecule has 2 bridgehead atoms. The molecule has 1 aromatic carbocycles. The molecule has 18 heavy (non-hydrogen) atoms. The fourth-order valence-electron chi connectivity index (χ4n) is 4.08. The number of likely N-dealkylation sites (tertiary alicyclic amines) is 1. The Morgan fingerprint density at radius 1 is 1.17 bits per heavy atom. The van der Waals surface area contributed by atoms with Gasteiger partial charge in [-0.05, 0) is 24.8 Å². The highest BCUT2D eigenvalue weighted by Crippen LogP contribution is 2.41. The first-order valence-electron chi connectivity index (χ1n) is 7.14. The van der Waals surface area contributed by atoms with Crippen LogP contribution in [0.25, 0.3) is 0 Å². The highest BCUT2D eigenvalue weighted by atomic mass is 79.9. The summed E-state index contributed by atoms with van der Waals surface area (Å²) < 4.78 is 1.37. The molecular formula is C16H24BrN. The van der Waals surface area contributed by atoms with Gasteiger partial charge in [-0.15, -0.1) is 0 Å². The van der Waals surface area contributed by atoms with E-state index in [0.717, 1.165) is 12.0 Å². The van der Waals surface area contributed by atoms with Gasteiger partial charge in [-0.25, -0.2) is 0 Å². The van der Waals surface area contributed by atoms with Crippen molar-refractivity contribution in [2.24, 2.45) is 5.92 Å². The minimum Gasteiger partial charge on any atom is -1.00 e. The molecule has 3 rings (SSSR count). The van der Waals surface area contributed by atoms with Gasteiger partial charge < -0.3 is 21.5 Å². The van der Waals surface area contributed by atoms with E-state index in [2.05, 4.69) is 37.4 Å². The van der Waals surface area contributed by atoms with Crippen molar-refractivity contribution in [2.75, 3.05) is 20.1 Å². The molecule has 1 aliphatic carbocycles. The Bertz CT molecular complexity index is 378. The van der Waals surface area contributed by atoms with Gasteiger partial charge in [0.25, 0.3) is 0 Å². The van der Waals surface area contributed by atoms with Crippen molar-refractivity contribution in [3.05, 3.63) is 35.9 Å². The predicted molar refractivity (Wildman–Crippen MR) is 71.8 cm³/mol. The molecule has 0 spiro atoms. The van der Waals surface area contributed by atoms with Crippen LogP contribution < -0.4 is 17.0 Å². The minimum atomic E-state index is 0. The molecule has 2 aliphatic rings. The first-order chi connectivity index (χ1) is 8.26. The molecular weight excluding hydrogens is 286 g/mol. The van der Waals surface area contributed by atoms with Gasteiger partial charge in [0, 0.05) is 18.8 Å². The number of piperidine rings is 1. The fourth-order valence-corrected chi connectivity index (χ4v) is 4.08. The number of rotatable bonds is 4. The summed E-state index contributed by atoms with van der Waals surface area (Å²) in [5.41, 5.74) is 1.50. The minimum absolute atomic E-state index is 0. The quantitative estimate of drug-likeness (QED) is 0.700. The Balaban J connectivity index is 0.00000120. The summed E-state index contributed by atoms with van der Waals surface area (Å²) in [6.07, 6.45) is 7.13. The van der Waals surface area contributed by atoms with Crippen LogP contribution in [0.15, 0.2) is 30.3 Å². The van der Waals surface area contributed by atoms with E-state index in [1.165, 1.54) is 55.2 Å². The standard InChI is InChI=1S/C16H24N.BrH/c1-17(13-15-9-10-16(17)12-15)11-5-8-14-6-3-2-4-7-14;/h2-4,6-7,15-16H,5,8-13H2,1H3;1H/q+1;/p-1/t15?,16?,17-;/m0./s1. The van der Waals surface area contributed by atoms with Crippen LogP contribution in [0.1, 0.15) is 31.2 Å². The average Bonchev–Trinajstić information content (AvgIpc) is 2.90. The SMILES string of the molecule is C[N@+]1(CCCc2ccccc2)CC2CCC1C2.[Br-]. The van der Waals surface area contributed by atoms with Gasteiger partial charge in [-0.3, -0.25) is 0 Å². The van der Waals surface area contributed by atoms with E-state index >= 15 is 0 Å². The molecule has 100 valence electrons. The molecule has 0 amide bonds. The van der Waals surface area contributed by atoms with Crippen LogP contribution in [-0.2, 0) is 6.42 Å². The molecule has 0 N–H and O–H groups in total. The average molecular weight is 310 g/mol. The zero-order valence-corrected chi connectivity index (χ0v) is 12.9. The van der Waals surface area contributed by atoms with Crippen LogP contribution in [-0.4, -0.2) is 30.7 Å². The molecule has 3 atom stereocenters. The molecule has 1 saturated carbocycles. The van der Waals surface area contributed by atoms with Crippen LogP contribution in [0.4, 0.5) is 0 Å². The van der Waals surface area contributed by atoms with E-state index in [1.807, 2.05) is 0 Å². The van der Waals surface area contributed by atoms with Crippen LogP contribution in [0, 0.1) is 5.92 Å². The number of halogens is 1. The number of nitrogens with zero attached hydrogens (tertiary/aromatic N) is 1. The number of hydrogen-bond acceptors (Lipinski definition) is 0. The van der Waals surface area contributed by atoms with E-state index in [4.69, 9.17) is 0 Å². The molecule has 2 unspecified atom stereocenters. The molecule has 0 aromatic heterocycles. The summed E-state index contributed by atoms with van der Waals surface area (Å²) >= 11 is 0. The van der Waals surface area contributed by atoms with Crippen molar-refractivity contribution in [1.29, 1.82) is 0 Å². The molecule has 1 saturated heterocycles. The third-order valence-corrected chi connectivity index (χ3v) is 5.05. The lowest BCUT2D eigenvalue weighted by Crippen LogP contribution is -3.00. The number of quaternary nitrogens is 1. The van der Waals surface area contributed by atoms with Gasteiger partial charge in [0.15, 0.2) is 0 Å². The second-order valence-electron chi connectivity index (χ2n) is 6.31. The van der Waals surface area contributed by atoms with E-state index in [0.29, 0.717) is 0 Å². The summed E-state index contributed by atoms with van der Waals surface area (Å²) in [5, 5.41) is 0. The van der Waals surface area contributed by atoms with Crippen molar-refractivity contribution in [3.8, 4) is 0 Å². The van der Waals surface area contributed by atoms with Gasteiger partial charge in [-0.1, -0.05) is 30.3 Å². The van der Waals surface area contributed by atoms with Gasteiger partial charge in [0.2, 0.25) is 0 Å². The Kier molecular flexibility index (Phi) is 4.50. The lowest BCUT2D eigenvalue weighted by Gasteiger charge is -2.38. The normalized spacial score (nSPS) is 33.4. The summed E-state index contributed by atoms with van der Waals surface area (Å²) in [6, 6.07) is 11.9. The van der Waals surface area contributed by atoms with Crippen molar-refractivity contribution in [3.63, 3.8) is 0 Å². The fraction of sp³-hybridized carbons (Fsp3) is 0.625. The molecule has 1 heterocycles. The maximum absolute atomic E-state index is 2.49. The highest BCUT2D eigenvalue weighted by molar-refractivity contribution is 5.14. The monoisotopic (exact) mass is 309 g/mol. The third-order valence-electron chi connectivity index (χ3n) is 5.05. The molecule has 2 fully saturated rings. The molecule has 1 aliphatic heterocycles. The predicted octanol–water partition coefficient (Wildman–Crippen LogP) is 0.252. The smallest absolute Gasteiger partial charge is 0.0893 e. The first kappa shape index (κ1) is 14.1. The van der Waals surface area contributed by atoms with Gasteiger partial charge >= 0.3 is 0 Å². The van der Waals surface area contributed by atoms with Gasteiger partial charge in [0.1, 0.15) is 0 Å². The number of aryl methyl sites for hydroxylation is 1. The highest BCUT2D eigenvalue weighted by Gasteiger charge is 2.47. The van der Waals surface area contributed by atoms with Crippen LogP contribution in [0.2, 0.25) is 0 Å². The number of benzene rings is 1. The van der Waals surface area contributed by atoms with Gasteiger partial charge in [-0.2, -0.15) is 0 Å². The summed E-state index contributed by atoms with van der Waals surface area (Å²) in [4.78, 5) is 0. The van der Waals surface area contributed by atoms with Crippen LogP contribution in [0.3, 0.4) is 0 Å². The zero-order valence-electron chi connectivity index (χ0n) is 11.3. The first-order valence-corrected chi connectivity index (χ1v) is 7.14. The number of hydrogen-bond donors (Lipinski definition) is 0. The van der Waals surface area contributed by atoms with E-state index in [9.17, 15) is 0 Å². The van der Waals surface area contributed by atoms with Crippen molar-refractivity contribution >= 4 is 0 Å². The third kappa shape index (κ3) is 2.80. The lowest BCUT2D eigenvalue weighted by atomic mass is 10.1. The maximum atomic E-state index is 2.49. The Morgan fingerprint density at radius 2 is 1.94 bits per heavy atom. The summed E-state index contributed by atoms with van der Waals surface area (Å²) in [5.74, 6) is 1.06. The van der Waals surface area contributed by atoms with Crippen LogP contribution in [0.5, 0.6) is 0 Å². The second kappa shape index (κ2) is 5.75. The molecule has 1 aromatic rings. The van der Waals surface area contributed by atoms with Gasteiger partial charge in [0.05, 0.1) is 26.2 Å². The Morgan fingerprint density at radius 3 is 2.56 bits per heavy atom. The van der Waals surface area contributed by atoms with Crippen molar-refractivity contribution < 1.29 is 21.5 Å². The largest absolute Gasteiger partial charge is 1.00 e. The zero-order chi connectivity index (χ0) is 11.7. The van der Waals surface area contributed by atoms with Crippen LogP contribution >= 0.6 is 0 Å². The molecule has 1 nitrogen and oxygen atoms in total. The molecule has 2 heteroatoms. The van der Waals surface area contributed by atoms with E-state index in [-0.39, 0.29) is 17.0 Å². The summed E-state index contributed by atoms with van der Waals surface area (Å²) in [7, 11) is 2.49.